The Morgan fingerprint density at radius 3 is 2.83 bits per heavy atom. The van der Waals surface area contributed by atoms with E-state index in [0.29, 0.717) is 17.8 Å². The average Bonchev–Trinajstić information content (AvgIpc) is 2.72. The fourth-order valence-electron chi connectivity index (χ4n) is 2.02. The van der Waals surface area contributed by atoms with Gasteiger partial charge >= 0.3 is 5.97 Å². The number of carboxylic acid groups (broad SMARTS) is 1. The SMILES string of the molecule is CCCNC(C)(CCSC1CCOC1C)C(=O)O. The number of rotatable bonds is 8. The van der Waals surface area contributed by atoms with Crippen molar-refractivity contribution in [3.05, 3.63) is 0 Å². The molecule has 0 aromatic rings. The average molecular weight is 275 g/mol. The van der Waals surface area contributed by atoms with Crippen LogP contribution in [0.5, 0.6) is 0 Å². The van der Waals surface area contributed by atoms with Crippen molar-refractivity contribution in [2.24, 2.45) is 0 Å². The Balaban J connectivity index is 2.35. The Morgan fingerprint density at radius 2 is 2.33 bits per heavy atom. The summed E-state index contributed by atoms with van der Waals surface area (Å²) in [5.41, 5.74) is -0.800. The van der Waals surface area contributed by atoms with Crippen LogP contribution in [0.4, 0.5) is 0 Å². The highest BCUT2D eigenvalue weighted by molar-refractivity contribution is 7.99. The summed E-state index contributed by atoms with van der Waals surface area (Å²) in [6.45, 7) is 7.50. The highest BCUT2D eigenvalue weighted by atomic mass is 32.2. The number of carboxylic acids is 1. The second kappa shape index (κ2) is 7.36. The van der Waals surface area contributed by atoms with Crippen molar-refractivity contribution in [2.75, 3.05) is 18.9 Å². The Bertz CT molecular complexity index is 275. The first kappa shape index (κ1) is 15.8. The second-order valence-corrected chi connectivity index (χ2v) is 6.43. The summed E-state index contributed by atoms with van der Waals surface area (Å²) in [5, 5.41) is 13.0. The van der Waals surface area contributed by atoms with Gasteiger partial charge in [-0.25, -0.2) is 0 Å². The first-order chi connectivity index (χ1) is 8.49. The number of hydrogen-bond donors (Lipinski definition) is 2. The topological polar surface area (TPSA) is 58.6 Å². The summed E-state index contributed by atoms with van der Waals surface area (Å²) in [5.74, 6) is 0.102. The van der Waals surface area contributed by atoms with Crippen LogP contribution in [0.25, 0.3) is 0 Å². The first-order valence-electron chi connectivity index (χ1n) is 6.71. The highest BCUT2D eigenvalue weighted by Crippen LogP contribution is 2.28. The minimum Gasteiger partial charge on any atom is -0.480 e. The molecule has 1 aliphatic rings. The first-order valence-corrected chi connectivity index (χ1v) is 7.76. The van der Waals surface area contributed by atoms with Gasteiger partial charge in [-0.15, -0.1) is 0 Å². The van der Waals surface area contributed by atoms with E-state index in [9.17, 15) is 9.90 Å². The lowest BCUT2D eigenvalue weighted by atomic mass is 9.99. The quantitative estimate of drug-likeness (QED) is 0.710. The van der Waals surface area contributed by atoms with Gasteiger partial charge in [-0.05, 0) is 45.4 Å². The normalized spacial score (nSPS) is 27.1. The highest BCUT2D eigenvalue weighted by Gasteiger charge is 2.33. The van der Waals surface area contributed by atoms with E-state index in [4.69, 9.17) is 4.74 Å². The number of thioether (sulfide) groups is 1. The summed E-state index contributed by atoms with van der Waals surface area (Å²) in [6, 6.07) is 0. The molecule has 1 heterocycles. The van der Waals surface area contributed by atoms with Crippen LogP contribution in [0.3, 0.4) is 0 Å². The molecular formula is C13H25NO3S. The lowest BCUT2D eigenvalue weighted by Gasteiger charge is -2.26. The molecule has 106 valence electrons. The minimum atomic E-state index is -0.800. The number of carbonyl (C=O) groups is 1. The molecular weight excluding hydrogens is 250 g/mol. The van der Waals surface area contributed by atoms with Crippen molar-refractivity contribution in [1.29, 1.82) is 0 Å². The maximum absolute atomic E-state index is 11.3. The Hall–Kier alpha value is -0.260. The molecule has 1 aliphatic heterocycles. The van der Waals surface area contributed by atoms with Gasteiger partial charge in [-0.3, -0.25) is 4.79 Å². The Morgan fingerprint density at radius 1 is 1.61 bits per heavy atom. The Labute approximate surface area is 114 Å². The van der Waals surface area contributed by atoms with Crippen molar-refractivity contribution in [2.45, 2.75) is 56.9 Å². The van der Waals surface area contributed by atoms with Crippen LogP contribution in [0.15, 0.2) is 0 Å². The third-order valence-electron chi connectivity index (χ3n) is 3.48. The third kappa shape index (κ3) is 4.44. The van der Waals surface area contributed by atoms with Crippen molar-refractivity contribution in [3.63, 3.8) is 0 Å². The smallest absolute Gasteiger partial charge is 0.323 e. The number of nitrogens with one attached hydrogen (secondary N) is 1. The maximum atomic E-state index is 11.3. The lowest BCUT2D eigenvalue weighted by molar-refractivity contribution is -0.144. The van der Waals surface area contributed by atoms with Crippen molar-refractivity contribution >= 4 is 17.7 Å². The van der Waals surface area contributed by atoms with E-state index in [2.05, 4.69) is 12.2 Å². The standard InChI is InChI=1S/C13H25NO3S/c1-4-7-14-13(3,12(15)16)6-9-18-11-5-8-17-10(11)2/h10-11,14H,4-9H2,1-3H3,(H,15,16). The fraction of sp³-hybridized carbons (Fsp3) is 0.923. The van der Waals surface area contributed by atoms with Gasteiger partial charge in [-0.2, -0.15) is 11.8 Å². The van der Waals surface area contributed by atoms with Crippen LogP contribution < -0.4 is 5.32 Å². The van der Waals surface area contributed by atoms with Crippen LogP contribution in [0.1, 0.15) is 40.0 Å². The van der Waals surface area contributed by atoms with Gasteiger partial charge in [0.05, 0.1) is 6.10 Å². The lowest BCUT2D eigenvalue weighted by Crippen LogP contribution is -2.50. The summed E-state index contributed by atoms with van der Waals surface area (Å²) in [7, 11) is 0. The van der Waals surface area contributed by atoms with Crippen LogP contribution >= 0.6 is 11.8 Å². The van der Waals surface area contributed by atoms with Gasteiger partial charge < -0.3 is 15.2 Å². The molecule has 0 saturated carbocycles. The van der Waals surface area contributed by atoms with E-state index >= 15 is 0 Å². The molecule has 0 amide bonds. The van der Waals surface area contributed by atoms with Gasteiger partial charge in [0.25, 0.3) is 0 Å². The summed E-state index contributed by atoms with van der Waals surface area (Å²) in [6.07, 6.45) is 2.98. The van der Waals surface area contributed by atoms with E-state index in [1.807, 2.05) is 18.7 Å². The zero-order valence-electron chi connectivity index (χ0n) is 11.6. The van der Waals surface area contributed by atoms with Crippen molar-refractivity contribution < 1.29 is 14.6 Å². The molecule has 4 nitrogen and oxygen atoms in total. The van der Waals surface area contributed by atoms with E-state index < -0.39 is 11.5 Å². The molecule has 0 spiro atoms. The van der Waals surface area contributed by atoms with Gasteiger partial charge in [0.2, 0.25) is 0 Å². The molecule has 0 aliphatic carbocycles. The zero-order chi connectivity index (χ0) is 13.6. The number of ether oxygens (including phenoxy) is 1. The van der Waals surface area contributed by atoms with Gasteiger partial charge in [0, 0.05) is 11.9 Å². The molecule has 1 rings (SSSR count). The fourth-order valence-corrected chi connectivity index (χ4v) is 3.46. The van der Waals surface area contributed by atoms with E-state index in [1.165, 1.54) is 0 Å². The largest absolute Gasteiger partial charge is 0.480 e. The summed E-state index contributed by atoms with van der Waals surface area (Å²) in [4.78, 5) is 11.3. The Kier molecular flexibility index (Phi) is 6.46. The summed E-state index contributed by atoms with van der Waals surface area (Å²) >= 11 is 1.84. The molecule has 0 aromatic carbocycles. The molecule has 5 heteroatoms. The molecule has 0 radical (unpaired) electrons. The van der Waals surface area contributed by atoms with E-state index in [1.54, 1.807) is 6.92 Å². The molecule has 1 saturated heterocycles. The molecule has 1 fully saturated rings. The molecule has 3 atom stereocenters. The van der Waals surface area contributed by atoms with Crippen LogP contribution in [0, 0.1) is 0 Å². The van der Waals surface area contributed by atoms with E-state index in [0.717, 1.165) is 31.7 Å². The monoisotopic (exact) mass is 275 g/mol. The predicted octanol–water partition coefficient (Wildman–Crippen LogP) is 2.13. The van der Waals surface area contributed by atoms with Gasteiger partial charge in [0.1, 0.15) is 5.54 Å². The van der Waals surface area contributed by atoms with Gasteiger partial charge in [-0.1, -0.05) is 6.92 Å². The van der Waals surface area contributed by atoms with Crippen molar-refractivity contribution in [1.82, 2.24) is 5.32 Å². The maximum Gasteiger partial charge on any atom is 0.323 e. The molecule has 0 aromatic heterocycles. The molecule has 2 N–H and O–H groups in total. The van der Waals surface area contributed by atoms with Crippen LogP contribution in [0.2, 0.25) is 0 Å². The van der Waals surface area contributed by atoms with Crippen molar-refractivity contribution in [3.8, 4) is 0 Å². The van der Waals surface area contributed by atoms with Gasteiger partial charge in [0.15, 0.2) is 0 Å². The predicted molar refractivity (Wildman–Crippen MR) is 75.2 cm³/mol. The third-order valence-corrected chi connectivity index (χ3v) is 4.96. The van der Waals surface area contributed by atoms with Crippen LogP contribution in [-0.4, -0.2) is 46.9 Å². The minimum absolute atomic E-state index is 0.301. The molecule has 18 heavy (non-hydrogen) atoms. The number of aliphatic carboxylic acids is 1. The second-order valence-electron chi connectivity index (χ2n) is 5.09. The number of hydrogen-bond acceptors (Lipinski definition) is 4. The summed E-state index contributed by atoms with van der Waals surface area (Å²) < 4.78 is 5.51. The molecule has 3 unspecified atom stereocenters. The van der Waals surface area contributed by atoms with E-state index in [-0.39, 0.29) is 0 Å². The molecule has 0 bridgehead atoms. The van der Waals surface area contributed by atoms with Crippen LogP contribution in [-0.2, 0) is 9.53 Å². The zero-order valence-corrected chi connectivity index (χ0v) is 12.4.